The van der Waals surface area contributed by atoms with E-state index >= 15 is 0 Å². The van der Waals surface area contributed by atoms with Crippen LogP contribution in [-0.2, 0) is 0 Å². The van der Waals surface area contributed by atoms with Crippen molar-refractivity contribution in [2.24, 2.45) is 0 Å². The van der Waals surface area contributed by atoms with Crippen molar-refractivity contribution in [3.63, 3.8) is 0 Å². The Kier molecular flexibility index (Phi) is 2.01. The zero-order chi connectivity index (χ0) is 7.56. The van der Waals surface area contributed by atoms with Gasteiger partial charge in [0.05, 0.1) is 0 Å². The third-order valence-corrected chi connectivity index (χ3v) is 1.70. The summed E-state index contributed by atoms with van der Waals surface area (Å²) in [4.78, 5) is 14.2. The highest BCUT2D eigenvalue weighted by molar-refractivity contribution is 9.10. The molecule has 0 radical (unpaired) electrons. The van der Waals surface area contributed by atoms with Gasteiger partial charge in [0.2, 0.25) is 0 Å². The van der Waals surface area contributed by atoms with Gasteiger partial charge < -0.3 is 4.57 Å². The minimum atomic E-state index is 0.481. The number of hydrogen-bond acceptors (Lipinski definition) is 2. The van der Waals surface area contributed by atoms with E-state index in [0.717, 1.165) is 6.29 Å². The van der Waals surface area contributed by atoms with Gasteiger partial charge in [0.25, 0.3) is 0 Å². The summed E-state index contributed by atoms with van der Waals surface area (Å²) in [7, 11) is 0. The second-order valence-electron chi connectivity index (χ2n) is 1.63. The van der Waals surface area contributed by atoms with Crippen LogP contribution in [0.3, 0.4) is 0 Å². The molecular weight excluding hydrogens is 196 g/mol. The molecule has 10 heavy (non-hydrogen) atoms. The molecule has 0 bridgehead atoms. The van der Waals surface area contributed by atoms with Crippen molar-refractivity contribution in [2.75, 3.05) is 0 Å². The predicted octanol–water partition coefficient (Wildman–Crippen LogP) is 1.56. The highest BCUT2D eigenvalue weighted by atomic mass is 79.9. The molecule has 0 saturated carbocycles. The van der Waals surface area contributed by atoms with Gasteiger partial charge in [-0.1, -0.05) is 6.58 Å². The molecule has 3 nitrogen and oxygen atoms in total. The van der Waals surface area contributed by atoms with Crippen LogP contribution in [0.25, 0.3) is 6.20 Å². The van der Waals surface area contributed by atoms with E-state index in [9.17, 15) is 4.79 Å². The zero-order valence-electron chi connectivity index (χ0n) is 5.12. The summed E-state index contributed by atoms with van der Waals surface area (Å²) in [6, 6.07) is 0. The summed E-state index contributed by atoms with van der Waals surface area (Å²) in [6.07, 6.45) is 3.75. The minimum absolute atomic E-state index is 0.481. The highest BCUT2D eigenvalue weighted by Gasteiger charge is 2.03. The lowest BCUT2D eigenvalue weighted by Crippen LogP contribution is -1.90. The lowest BCUT2D eigenvalue weighted by molar-refractivity contribution is 0.111. The molecule has 0 N–H and O–H groups in total. The van der Waals surface area contributed by atoms with E-state index in [1.807, 2.05) is 0 Å². The fourth-order valence-electron chi connectivity index (χ4n) is 0.603. The maximum absolute atomic E-state index is 10.3. The molecule has 0 aliphatic carbocycles. The molecule has 0 aromatic carbocycles. The summed E-state index contributed by atoms with van der Waals surface area (Å²) in [5.41, 5.74) is 0.481. The van der Waals surface area contributed by atoms with Crippen molar-refractivity contribution < 1.29 is 4.79 Å². The van der Waals surface area contributed by atoms with Gasteiger partial charge >= 0.3 is 0 Å². The maximum Gasteiger partial charge on any atom is 0.169 e. The number of carbonyl (C=O) groups is 1. The Balaban J connectivity index is 3.25. The number of hydrogen-bond donors (Lipinski definition) is 0. The second kappa shape index (κ2) is 2.79. The number of aldehydes is 1. The van der Waals surface area contributed by atoms with Crippen molar-refractivity contribution >= 4 is 28.4 Å². The fourth-order valence-corrected chi connectivity index (χ4v) is 0.993. The van der Waals surface area contributed by atoms with Crippen molar-refractivity contribution in [2.45, 2.75) is 0 Å². The summed E-state index contributed by atoms with van der Waals surface area (Å²) in [6.45, 7) is 3.50. The summed E-state index contributed by atoms with van der Waals surface area (Å²) in [5.74, 6) is 0. The van der Waals surface area contributed by atoms with Crippen LogP contribution in [0.15, 0.2) is 17.5 Å². The molecular formula is C6H5BrN2O. The normalized spacial score (nSPS) is 9.30. The molecule has 0 atom stereocenters. The largest absolute Gasteiger partial charge is 0.303 e. The first-order valence-corrected chi connectivity index (χ1v) is 3.39. The SMILES string of the molecule is C=Cn1cnc(Br)c1C=O. The average molecular weight is 201 g/mol. The van der Waals surface area contributed by atoms with Crippen LogP contribution >= 0.6 is 15.9 Å². The van der Waals surface area contributed by atoms with Crippen LogP contribution in [0, 0.1) is 0 Å². The standard InChI is InChI=1S/C6H5BrN2O/c1-2-9-4-8-6(7)5(9)3-10/h2-4H,1H2. The van der Waals surface area contributed by atoms with E-state index in [1.165, 1.54) is 17.1 Å². The van der Waals surface area contributed by atoms with Crippen LogP contribution in [-0.4, -0.2) is 15.8 Å². The Morgan fingerprint density at radius 1 is 1.80 bits per heavy atom. The summed E-state index contributed by atoms with van der Waals surface area (Å²) >= 11 is 3.11. The predicted molar refractivity (Wildman–Crippen MR) is 41.7 cm³/mol. The van der Waals surface area contributed by atoms with E-state index in [-0.39, 0.29) is 0 Å². The summed E-state index contributed by atoms with van der Waals surface area (Å²) in [5, 5.41) is 0. The third-order valence-electron chi connectivity index (χ3n) is 1.09. The van der Waals surface area contributed by atoms with Gasteiger partial charge in [-0.05, 0) is 15.9 Å². The average Bonchev–Trinajstić information content (AvgIpc) is 2.30. The molecule has 1 heterocycles. The first kappa shape index (κ1) is 7.21. The number of carbonyl (C=O) groups excluding carboxylic acids is 1. The molecule has 1 aromatic rings. The molecule has 1 aromatic heterocycles. The van der Waals surface area contributed by atoms with Gasteiger partial charge in [-0.15, -0.1) is 0 Å². The fraction of sp³-hybridized carbons (Fsp3) is 0. The van der Waals surface area contributed by atoms with Crippen molar-refractivity contribution in [1.29, 1.82) is 0 Å². The molecule has 0 amide bonds. The Bertz CT molecular complexity index is 267. The van der Waals surface area contributed by atoms with E-state index in [1.54, 1.807) is 0 Å². The molecule has 1 rings (SSSR count). The number of rotatable bonds is 2. The number of aromatic nitrogens is 2. The molecule has 52 valence electrons. The van der Waals surface area contributed by atoms with Crippen molar-refractivity contribution in [3.8, 4) is 0 Å². The molecule has 0 aliphatic heterocycles. The summed E-state index contributed by atoms with van der Waals surface area (Å²) < 4.78 is 2.08. The highest BCUT2D eigenvalue weighted by Crippen LogP contribution is 2.11. The molecule has 0 aliphatic rings. The Morgan fingerprint density at radius 3 is 2.90 bits per heavy atom. The lowest BCUT2D eigenvalue weighted by Gasteiger charge is -1.90. The Hall–Kier alpha value is -0.900. The molecule has 0 fully saturated rings. The molecule has 0 saturated heterocycles. The first-order chi connectivity index (χ1) is 4.79. The van der Waals surface area contributed by atoms with Gasteiger partial charge in [-0.25, -0.2) is 4.98 Å². The van der Waals surface area contributed by atoms with Gasteiger partial charge in [0.1, 0.15) is 16.6 Å². The van der Waals surface area contributed by atoms with Crippen LogP contribution in [0.4, 0.5) is 0 Å². The smallest absolute Gasteiger partial charge is 0.169 e. The van der Waals surface area contributed by atoms with Crippen LogP contribution in [0.5, 0.6) is 0 Å². The zero-order valence-corrected chi connectivity index (χ0v) is 6.71. The number of halogens is 1. The minimum Gasteiger partial charge on any atom is -0.303 e. The van der Waals surface area contributed by atoms with Crippen molar-refractivity contribution in [3.05, 3.63) is 23.2 Å². The number of nitrogens with zero attached hydrogens (tertiary/aromatic N) is 2. The monoisotopic (exact) mass is 200 g/mol. The quantitative estimate of drug-likeness (QED) is 0.680. The van der Waals surface area contributed by atoms with Crippen molar-refractivity contribution in [1.82, 2.24) is 9.55 Å². The maximum atomic E-state index is 10.3. The number of imidazole rings is 1. The van der Waals surface area contributed by atoms with Gasteiger partial charge in [0.15, 0.2) is 6.29 Å². The second-order valence-corrected chi connectivity index (χ2v) is 2.38. The Morgan fingerprint density at radius 2 is 2.50 bits per heavy atom. The molecule has 0 unspecified atom stereocenters. The van der Waals surface area contributed by atoms with Crippen LogP contribution in [0.2, 0.25) is 0 Å². The lowest BCUT2D eigenvalue weighted by atomic mass is 10.5. The van der Waals surface area contributed by atoms with Gasteiger partial charge in [-0.2, -0.15) is 0 Å². The molecule has 0 spiro atoms. The van der Waals surface area contributed by atoms with E-state index in [0.29, 0.717) is 10.3 Å². The van der Waals surface area contributed by atoms with Crippen LogP contribution < -0.4 is 0 Å². The van der Waals surface area contributed by atoms with E-state index < -0.39 is 0 Å². The van der Waals surface area contributed by atoms with Gasteiger partial charge in [-0.3, -0.25) is 4.79 Å². The van der Waals surface area contributed by atoms with Gasteiger partial charge in [0, 0.05) is 6.20 Å². The topological polar surface area (TPSA) is 34.9 Å². The van der Waals surface area contributed by atoms with E-state index in [4.69, 9.17) is 0 Å². The Labute approximate surface area is 66.5 Å². The molecule has 4 heteroatoms. The third kappa shape index (κ3) is 1.02. The van der Waals surface area contributed by atoms with Crippen LogP contribution in [0.1, 0.15) is 10.5 Å². The van der Waals surface area contributed by atoms with E-state index in [2.05, 4.69) is 27.5 Å². The first-order valence-electron chi connectivity index (χ1n) is 2.59.